The van der Waals surface area contributed by atoms with Crippen LogP contribution >= 0.6 is 0 Å². The molecule has 1 aromatic carbocycles. The van der Waals surface area contributed by atoms with Gasteiger partial charge in [0.2, 0.25) is 0 Å². The van der Waals surface area contributed by atoms with Crippen LogP contribution in [0.4, 0.5) is 9.59 Å². The lowest BCUT2D eigenvalue weighted by Crippen LogP contribution is -2.57. The Balaban J connectivity index is 1.96. The fraction of sp³-hybridized carbons (Fsp3) is 0.500. The van der Waals surface area contributed by atoms with E-state index in [1.165, 1.54) is 4.90 Å². The van der Waals surface area contributed by atoms with E-state index in [2.05, 4.69) is 5.32 Å². The summed E-state index contributed by atoms with van der Waals surface area (Å²) in [5, 5.41) is 12.0. The van der Waals surface area contributed by atoms with Gasteiger partial charge in [-0.05, 0) is 26.3 Å². The van der Waals surface area contributed by atoms with Crippen molar-refractivity contribution in [3.63, 3.8) is 0 Å². The molecule has 0 aliphatic carbocycles. The summed E-state index contributed by atoms with van der Waals surface area (Å²) in [5.74, 6) is -1.22. The number of nitrogens with one attached hydrogen (secondary N) is 1. The third kappa shape index (κ3) is 5.11. The van der Waals surface area contributed by atoms with Gasteiger partial charge in [0.05, 0.1) is 6.54 Å². The molecule has 1 aromatic rings. The monoisotopic (exact) mass is 364 g/mol. The zero-order valence-corrected chi connectivity index (χ0v) is 15.2. The van der Waals surface area contributed by atoms with Gasteiger partial charge in [-0.25, -0.2) is 14.4 Å². The molecule has 2 amide bonds. The second kappa shape index (κ2) is 7.63. The molecule has 0 spiro atoms. The Bertz CT molecular complexity index is 670. The molecule has 2 N–H and O–H groups in total. The van der Waals surface area contributed by atoms with Gasteiger partial charge in [-0.2, -0.15) is 0 Å². The number of hydrogen-bond donors (Lipinski definition) is 2. The Kier molecular flexibility index (Phi) is 5.74. The highest BCUT2D eigenvalue weighted by molar-refractivity contribution is 5.86. The molecule has 1 aliphatic heterocycles. The lowest BCUT2D eigenvalue weighted by molar-refractivity contribution is -0.144. The molecule has 0 unspecified atom stereocenters. The van der Waals surface area contributed by atoms with E-state index in [4.69, 9.17) is 9.47 Å². The number of ether oxygens (including phenoxy) is 2. The van der Waals surface area contributed by atoms with Crippen molar-refractivity contribution in [1.29, 1.82) is 0 Å². The van der Waals surface area contributed by atoms with Crippen molar-refractivity contribution in [2.75, 3.05) is 13.1 Å². The molecule has 0 saturated carbocycles. The van der Waals surface area contributed by atoms with Crippen LogP contribution in [0.5, 0.6) is 0 Å². The first-order valence-electron chi connectivity index (χ1n) is 8.31. The van der Waals surface area contributed by atoms with Gasteiger partial charge in [0.25, 0.3) is 0 Å². The first-order valence-corrected chi connectivity index (χ1v) is 8.31. The zero-order chi connectivity index (χ0) is 19.4. The van der Waals surface area contributed by atoms with Crippen LogP contribution in [0.15, 0.2) is 30.3 Å². The summed E-state index contributed by atoms with van der Waals surface area (Å²) in [7, 11) is 0. The van der Waals surface area contributed by atoms with Gasteiger partial charge < -0.3 is 24.8 Å². The maximum atomic E-state index is 12.2. The van der Waals surface area contributed by atoms with Crippen molar-refractivity contribution >= 4 is 18.2 Å². The minimum Gasteiger partial charge on any atom is -0.479 e. The minimum atomic E-state index is -1.59. The molecule has 0 aromatic heterocycles. The van der Waals surface area contributed by atoms with Crippen LogP contribution < -0.4 is 5.32 Å². The number of carboxylic acid groups (broad SMARTS) is 1. The average molecular weight is 364 g/mol. The Labute approximate surface area is 152 Å². The number of aliphatic carboxylic acids is 1. The number of likely N-dealkylation sites (tertiary alicyclic amines) is 1. The summed E-state index contributed by atoms with van der Waals surface area (Å²) in [6.45, 7) is 5.12. The number of alkyl carbamates (subject to hydrolysis) is 1. The van der Waals surface area contributed by atoms with Crippen molar-refractivity contribution in [3.05, 3.63) is 35.9 Å². The lowest BCUT2D eigenvalue weighted by Gasteiger charge is -2.28. The number of hydrogen-bond acceptors (Lipinski definition) is 5. The fourth-order valence-electron chi connectivity index (χ4n) is 2.61. The Morgan fingerprint density at radius 1 is 1.23 bits per heavy atom. The van der Waals surface area contributed by atoms with Crippen molar-refractivity contribution in [3.8, 4) is 0 Å². The molecule has 1 fully saturated rings. The number of carbonyl (C=O) groups is 3. The molecule has 0 bridgehead atoms. The van der Waals surface area contributed by atoms with Crippen LogP contribution in [0.25, 0.3) is 0 Å². The molecule has 2 rings (SSSR count). The highest BCUT2D eigenvalue weighted by Crippen LogP contribution is 2.24. The van der Waals surface area contributed by atoms with E-state index in [-0.39, 0.29) is 26.1 Å². The van der Waals surface area contributed by atoms with Crippen molar-refractivity contribution in [2.45, 2.75) is 44.9 Å². The number of nitrogens with zero attached hydrogens (tertiary/aromatic N) is 1. The number of benzene rings is 1. The molecule has 1 atom stereocenters. The highest BCUT2D eigenvalue weighted by atomic mass is 16.6. The van der Waals surface area contributed by atoms with E-state index in [1.54, 1.807) is 20.8 Å². The smallest absolute Gasteiger partial charge is 0.410 e. The average Bonchev–Trinajstić information content (AvgIpc) is 2.97. The van der Waals surface area contributed by atoms with Crippen LogP contribution in [0.2, 0.25) is 0 Å². The molecular weight excluding hydrogens is 340 g/mol. The first kappa shape index (κ1) is 19.6. The Hall–Kier alpha value is -2.77. The number of amides is 2. The predicted molar refractivity (Wildman–Crippen MR) is 92.6 cm³/mol. The van der Waals surface area contributed by atoms with E-state index >= 15 is 0 Å². The zero-order valence-electron chi connectivity index (χ0n) is 15.2. The van der Waals surface area contributed by atoms with Crippen molar-refractivity contribution in [1.82, 2.24) is 10.2 Å². The third-order valence-electron chi connectivity index (χ3n) is 3.88. The van der Waals surface area contributed by atoms with Crippen LogP contribution in [0, 0.1) is 0 Å². The van der Waals surface area contributed by atoms with E-state index in [0.717, 1.165) is 5.56 Å². The maximum absolute atomic E-state index is 12.2. The van der Waals surface area contributed by atoms with Crippen LogP contribution in [0.3, 0.4) is 0 Å². The number of carboxylic acids is 1. The number of rotatable bonds is 4. The summed E-state index contributed by atoms with van der Waals surface area (Å²) < 4.78 is 10.3. The fourth-order valence-corrected chi connectivity index (χ4v) is 2.61. The van der Waals surface area contributed by atoms with E-state index < -0.39 is 29.3 Å². The highest BCUT2D eigenvalue weighted by Gasteiger charge is 2.48. The molecule has 0 radical (unpaired) electrons. The maximum Gasteiger partial charge on any atom is 0.410 e. The topological polar surface area (TPSA) is 105 Å². The van der Waals surface area contributed by atoms with Crippen LogP contribution in [-0.2, 0) is 20.9 Å². The van der Waals surface area contributed by atoms with Gasteiger partial charge in [-0.1, -0.05) is 30.3 Å². The van der Waals surface area contributed by atoms with Crippen molar-refractivity contribution < 1.29 is 29.0 Å². The van der Waals surface area contributed by atoms with Gasteiger partial charge in [0.15, 0.2) is 5.54 Å². The lowest BCUT2D eigenvalue weighted by atomic mass is 9.99. The van der Waals surface area contributed by atoms with Crippen LogP contribution in [0.1, 0.15) is 32.8 Å². The van der Waals surface area contributed by atoms with Crippen LogP contribution in [-0.4, -0.2) is 52.4 Å². The van der Waals surface area contributed by atoms with Gasteiger partial charge in [0, 0.05) is 13.0 Å². The molecule has 8 nitrogen and oxygen atoms in total. The molecular formula is C18H24N2O6. The molecule has 1 aliphatic rings. The second-order valence-corrected chi connectivity index (χ2v) is 7.23. The summed E-state index contributed by atoms with van der Waals surface area (Å²) in [6, 6.07) is 9.17. The normalized spacial score (nSPS) is 19.7. The number of carbonyl (C=O) groups excluding carboxylic acids is 2. The van der Waals surface area contributed by atoms with Gasteiger partial charge >= 0.3 is 18.2 Å². The first-order chi connectivity index (χ1) is 12.1. The summed E-state index contributed by atoms with van der Waals surface area (Å²) in [5.41, 5.74) is -1.51. The van der Waals surface area contributed by atoms with E-state index in [1.807, 2.05) is 30.3 Å². The minimum absolute atomic E-state index is 0.0714. The largest absolute Gasteiger partial charge is 0.479 e. The second-order valence-electron chi connectivity index (χ2n) is 7.23. The molecule has 8 heteroatoms. The van der Waals surface area contributed by atoms with Gasteiger partial charge in [0.1, 0.15) is 12.2 Å². The Morgan fingerprint density at radius 3 is 2.46 bits per heavy atom. The SMILES string of the molecule is CC(C)(C)OC(=O)N[C@]1(C(=O)O)CCN(C(=O)OCc2ccccc2)C1. The summed E-state index contributed by atoms with van der Waals surface area (Å²) in [6.07, 6.45) is -1.38. The van der Waals surface area contributed by atoms with Crippen molar-refractivity contribution in [2.24, 2.45) is 0 Å². The van der Waals surface area contributed by atoms with Gasteiger partial charge in [-0.3, -0.25) is 0 Å². The molecule has 26 heavy (non-hydrogen) atoms. The van der Waals surface area contributed by atoms with E-state index in [0.29, 0.717) is 0 Å². The quantitative estimate of drug-likeness (QED) is 0.850. The molecule has 142 valence electrons. The predicted octanol–water partition coefficient (Wildman–Crippen LogP) is 2.38. The summed E-state index contributed by atoms with van der Waals surface area (Å²) in [4.78, 5) is 37.2. The third-order valence-corrected chi connectivity index (χ3v) is 3.88. The standard InChI is InChI=1S/C18H24N2O6/c1-17(2,3)26-15(23)19-18(14(21)22)9-10-20(12-18)16(24)25-11-13-7-5-4-6-8-13/h4-8H,9-12H2,1-3H3,(H,19,23)(H,21,22)/t18-/m1/s1. The molecule has 1 heterocycles. The van der Waals surface area contributed by atoms with E-state index in [9.17, 15) is 19.5 Å². The summed E-state index contributed by atoms with van der Waals surface area (Å²) >= 11 is 0. The van der Waals surface area contributed by atoms with Gasteiger partial charge in [-0.15, -0.1) is 0 Å². The molecule has 1 saturated heterocycles. The Morgan fingerprint density at radius 2 is 1.88 bits per heavy atom.